The van der Waals surface area contributed by atoms with E-state index in [-0.39, 0.29) is 4.90 Å². The summed E-state index contributed by atoms with van der Waals surface area (Å²) in [5.41, 5.74) is 1.33. The zero-order chi connectivity index (χ0) is 19.4. The molecule has 3 heterocycles. The molecule has 0 aliphatic carbocycles. The molecule has 0 unspecified atom stereocenters. The van der Waals surface area contributed by atoms with E-state index in [1.807, 2.05) is 6.07 Å². The second-order valence-corrected chi connectivity index (χ2v) is 9.43. The molecule has 1 aromatic heterocycles. The smallest absolute Gasteiger partial charge is 0.244 e. The van der Waals surface area contributed by atoms with Gasteiger partial charge in [0.1, 0.15) is 10.7 Å². The van der Waals surface area contributed by atoms with Crippen molar-refractivity contribution in [3.63, 3.8) is 0 Å². The van der Waals surface area contributed by atoms with Gasteiger partial charge in [-0.05, 0) is 42.9 Å². The third-order valence-electron chi connectivity index (χ3n) is 5.63. The number of sulfonamides is 1. The SMILES string of the molecule is O=S(=O)(c1ccc(N2CCOCC2)nc1)N1CCC(Cc2ccccc2)CC1. The molecule has 0 N–H and O–H groups in total. The summed E-state index contributed by atoms with van der Waals surface area (Å²) >= 11 is 0. The Bertz CT molecular complexity index is 858. The Morgan fingerprint density at radius 2 is 1.68 bits per heavy atom. The number of rotatable bonds is 5. The lowest BCUT2D eigenvalue weighted by molar-refractivity contribution is 0.122. The Morgan fingerprint density at radius 1 is 0.964 bits per heavy atom. The zero-order valence-electron chi connectivity index (χ0n) is 16.0. The van der Waals surface area contributed by atoms with Crippen molar-refractivity contribution in [1.82, 2.24) is 9.29 Å². The van der Waals surface area contributed by atoms with Gasteiger partial charge in [-0.2, -0.15) is 4.31 Å². The summed E-state index contributed by atoms with van der Waals surface area (Å²) in [4.78, 5) is 6.80. The Balaban J connectivity index is 1.37. The molecular weight excluding hydrogens is 374 g/mol. The minimum atomic E-state index is -3.48. The molecule has 2 aliphatic rings. The van der Waals surface area contributed by atoms with Gasteiger partial charge in [-0.3, -0.25) is 0 Å². The standard InChI is InChI=1S/C21H27N3O3S/c25-28(26,20-6-7-21(22-17-20)23-12-14-27-15-13-23)24-10-8-19(9-11-24)16-18-4-2-1-3-5-18/h1-7,17,19H,8-16H2. The van der Waals surface area contributed by atoms with Crippen LogP contribution in [0.2, 0.25) is 0 Å². The van der Waals surface area contributed by atoms with Gasteiger partial charge in [0.2, 0.25) is 10.0 Å². The molecule has 0 bridgehead atoms. The van der Waals surface area contributed by atoms with E-state index in [0.29, 0.717) is 32.2 Å². The molecule has 0 saturated carbocycles. The van der Waals surface area contributed by atoms with Crippen molar-refractivity contribution in [2.24, 2.45) is 5.92 Å². The summed E-state index contributed by atoms with van der Waals surface area (Å²) in [5, 5.41) is 0. The average Bonchev–Trinajstić information content (AvgIpc) is 2.76. The largest absolute Gasteiger partial charge is 0.378 e. The highest BCUT2D eigenvalue weighted by molar-refractivity contribution is 7.89. The van der Waals surface area contributed by atoms with Crippen molar-refractivity contribution in [3.8, 4) is 0 Å². The third kappa shape index (κ3) is 4.37. The minimum Gasteiger partial charge on any atom is -0.378 e. The van der Waals surface area contributed by atoms with Crippen LogP contribution in [0.25, 0.3) is 0 Å². The van der Waals surface area contributed by atoms with E-state index in [4.69, 9.17) is 4.74 Å². The maximum absolute atomic E-state index is 13.0. The fraction of sp³-hybridized carbons (Fsp3) is 0.476. The summed E-state index contributed by atoms with van der Waals surface area (Å²) < 4.78 is 32.9. The molecule has 28 heavy (non-hydrogen) atoms. The van der Waals surface area contributed by atoms with Crippen LogP contribution in [0.5, 0.6) is 0 Å². The number of morpholine rings is 1. The van der Waals surface area contributed by atoms with Crippen molar-refractivity contribution < 1.29 is 13.2 Å². The van der Waals surface area contributed by atoms with Crippen LogP contribution < -0.4 is 4.90 Å². The van der Waals surface area contributed by atoms with E-state index < -0.39 is 10.0 Å². The first-order valence-electron chi connectivity index (χ1n) is 9.96. The second-order valence-electron chi connectivity index (χ2n) is 7.49. The Hall–Kier alpha value is -1.96. The Kier molecular flexibility index (Phi) is 5.94. The van der Waals surface area contributed by atoms with Crippen LogP contribution in [-0.4, -0.2) is 57.1 Å². The molecule has 0 amide bonds. The number of hydrogen-bond donors (Lipinski definition) is 0. The molecule has 0 atom stereocenters. The number of ether oxygens (including phenoxy) is 1. The predicted octanol–water partition coefficient (Wildman–Crippen LogP) is 2.56. The van der Waals surface area contributed by atoms with E-state index in [1.165, 1.54) is 11.8 Å². The van der Waals surface area contributed by atoms with Gasteiger partial charge in [-0.1, -0.05) is 30.3 Å². The molecule has 0 spiro atoms. The minimum absolute atomic E-state index is 0.283. The van der Waals surface area contributed by atoms with Crippen LogP contribution in [0, 0.1) is 5.92 Å². The van der Waals surface area contributed by atoms with Crippen molar-refractivity contribution in [3.05, 3.63) is 54.2 Å². The van der Waals surface area contributed by atoms with Crippen LogP contribution in [0.3, 0.4) is 0 Å². The lowest BCUT2D eigenvalue weighted by Crippen LogP contribution is -2.39. The first-order valence-corrected chi connectivity index (χ1v) is 11.4. The molecule has 2 fully saturated rings. The van der Waals surface area contributed by atoms with Gasteiger partial charge < -0.3 is 9.64 Å². The van der Waals surface area contributed by atoms with Crippen molar-refractivity contribution >= 4 is 15.8 Å². The predicted molar refractivity (Wildman–Crippen MR) is 109 cm³/mol. The summed E-state index contributed by atoms with van der Waals surface area (Å²) in [6.07, 6.45) is 4.31. The fourth-order valence-corrected chi connectivity index (χ4v) is 5.37. The topological polar surface area (TPSA) is 62.7 Å². The van der Waals surface area contributed by atoms with Gasteiger partial charge in [-0.15, -0.1) is 0 Å². The molecule has 2 aliphatic heterocycles. The number of aromatic nitrogens is 1. The molecule has 2 aromatic rings. The lowest BCUT2D eigenvalue weighted by Gasteiger charge is -2.31. The lowest BCUT2D eigenvalue weighted by atomic mass is 9.91. The van der Waals surface area contributed by atoms with Crippen molar-refractivity contribution in [1.29, 1.82) is 0 Å². The molecule has 7 heteroatoms. The van der Waals surface area contributed by atoms with Crippen LogP contribution in [0.4, 0.5) is 5.82 Å². The van der Waals surface area contributed by atoms with Gasteiger partial charge in [0.15, 0.2) is 0 Å². The van der Waals surface area contributed by atoms with Gasteiger partial charge in [-0.25, -0.2) is 13.4 Å². The summed E-state index contributed by atoms with van der Waals surface area (Å²) in [6.45, 7) is 4.08. The molecule has 2 saturated heterocycles. The highest BCUT2D eigenvalue weighted by atomic mass is 32.2. The Morgan fingerprint density at radius 3 is 2.32 bits per heavy atom. The maximum Gasteiger partial charge on any atom is 0.244 e. The number of pyridine rings is 1. The molecule has 4 rings (SSSR count). The first-order chi connectivity index (χ1) is 13.6. The van der Waals surface area contributed by atoms with Crippen molar-refractivity contribution in [2.45, 2.75) is 24.2 Å². The quantitative estimate of drug-likeness (QED) is 0.771. The Labute approximate surface area is 167 Å². The van der Waals surface area contributed by atoms with Crippen molar-refractivity contribution in [2.75, 3.05) is 44.3 Å². The maximum atomic E-state index is 13.0. The normalized spacial score (nSPS) is 19.6. The van der Waals surface area contributed by atoms with Gasteiger partial charge >= 0.3 is 0 Å². The average molecular weight is 402 g/mol. The third-order valence-corrected chi connectivity index (χ3v) is 7.52. The molecule has 150 valence electrons. The molecule has 1 aromatic carbocycles. The molecular formula is C21H27N3O3S. The van der Waals surface area contributed by atoms with E-state index in [9.17, 15) is 8.42 Å². The number of benzene rings is 1. The van der Waals surface area contributed by atoms with Crippen LogP contribution in [-0.2, 0) is 21.2 Å². The van der Waals surface area contributed by atoms with Gasteiger partial charge in [0, 0.05) is 32.4 Å². The first kappa shape index (κ1) is 19.4. The summed E-state index contributed by atoms with van der Waals surface area (Å²) in [5.74, 6) is 1.35. The van der Waals surface area contributed by atoms with E-state index in [2.05, 4.69) is 34.1 Å². The monoisotopic (exact) mass is 401 g/mol. The van der Waals surface area contributed by atoms with E-state index in [1.54, 1.807) is 16.4 Å². The van der Waals surface area contributed by atoms with Gasteiger partial charge in [0.25, 0.3) is 0 Å². The highest BCUT2D eigenvalue weighted by Crippen LogP contribution is 2.26. The number of anilines is 1. The number of hydrogen-bond acceptors (Lipinski definition) is 5. The fourth-order valence-electron chi connectivity index (χ4n) is 3.95. The highest BCUT2D eigenvalue weighted by Gasteiger charge is 2.29. The van der Waals surface area contributed by atoms with E-state index in [0.717, 1.165) is 38.2 Å². The van der Waals surface area contributed by atoms with Crippen LogP contribution in [0.15, 0.2) is 53.6 Å². The number of piperidine rings is 1. The zero-order valence-corrected chi connectivity index (χ0v) is 16.9. The van der Waals surface area contributed by atoms with Gasteiger partial charge in [0.05, 0.1) is 13.2 Å². The summed E-state index contributed by atoms with van der Waals surface area (Å²) in [7, 11) is -3.48. The molecule has 6 nitrogen and oxygen atoms in total. The molecule has 0 radical (unpaired) electrons. The van der Waals surface area contributed by atoms with Crippen LogP contribution in [0.1, 0.15) is 18.4 Å². The number of nitrogens with zero attached hydrogens (tertiary/aromatic N) is 3. The van der Waals surface area contributed by atoms with Crippen LogP contribution >= 0.6 is 0 Å². The summed E-state index contributed by atoms with van der Waals surface area (Å²) in [6, 6.07) is 13.9. The van der Waals surface area contributed by atoms with E-state index >= 15 is 0 Å². The second kappa shape index (κ2) is 8.59.